The van der Waals surface area contributed by atoms with Gasteiger partial charge in [-0.2, -0.15) is 0 Å². The van der Waals surface area contributed by atoms with Crippen LogP contribution in [-0.4, -0.2) is 29.4 Å². The molecular formula is C27H27Cl2NO4S. The third-order valence-electron chi connectivity index (χ3n) is 5.99. The number of amides is 1. The summed E-state index contributed by atoms with van der Waals surface area (Å²) >= 11 is 11.6. The second kappa shape index (κ2) is 11.7. The number of rotatable bonds is 8. The van der Waals surface area contributed by atoms with Gasteiger partial charge in [-0.05, 0) is 72.2 Å². The van der Waals surface area contributed by atoms with Gasteiger partial charge in [0, 0.05) is 34.1 Å². The standard InChI is InChI=1S/C27H27Cl2NO4S/c1-2-35(32)23-10-3-19(4-11-23)17-26(31)30-21-6-8-22(9-7-21)34-27(13-15-33-16-14-27)24-12-5-20(28)18-25(24)29/h3-12,18H,2,13-17H2,1H3,(H,30,31)/t35-/m0/s1. The van der Waals surface area contributed by atoms with E-state index < -0.39 is 16.8 Å². The summed E-state index contributed by atoms with van der Waals surface area (Å²) in [4.78, 5) is 13.3. The number of carbonyl (C=O) groups excluding carboxylic acids is 1. The summed E-state index contributed by atoms with van der Waals surface area (Å²) in [5, 5.41) is 4.06. The Morgan fingerprint density at radius 1 is 1.06 bits per heavy atom. The van der Waals surface area contributed by atoms with Gasteiger partial charge in [0.2, 0.25) is 5.91 Å². The molecule has 0 spiro atoms. The van der Waals surface area contributed by atoms with Crippen LogP contribution in [0.4, 0.5) is 5.69 Å². The second-order valence-electron chi connectivity index (χ2n) is 8.36. The lowest BCUT2D eigenvalue weighted by Crippen LogP contribution is -2.39. The quantitative estimate of drug-likeness (QED) is 0.342. The van der Waals surface area contributed by atoms with E-state index in [9.17, 15) is 9.35 Å². The monoisotopic (exact) mass is 531 g/mol. The molecule has 1 aliphatic rings. The number of hydrogen-bond donors (Lipinski definition) is 1. The van der Waals surface area contributed by atoms with E-state index in [1.807, 2.05) is 67.6 Å². The van der Waals surface area contributed by atoms with Gasteiger partial charge in [-0.1, -0.05) is 41.4 Å². The molecule has 1 amide bonds. The molecule has 1 fully saturated rings. The van der Waals surface area contributed by atoms with Gasteiger partial charge in [0.25, 0.3) is 0 Å². The number of benzene rings is 3. The van der Waals surface area contributed by atoms with Crippen molar-refractivity contribution in [1.29, 1.82) is 0 Å². The molecule has 1 aliphatic heterocycles. The Morgan fingerprint density at radius 3 is 2.37 bits per heavy atom. The fourth-order valence-electron chi connectivity index (χ4n) is 4.13. The van der Waals surface area contributed by atoms with Crippen molar-refractivity contribution in [3.8, 4) is 5.75 Å². The molecule has 5 nitrogen and oxygen atoms in total. The van der Waals surface area contributed by atoms with Crippen LogP contribution in [0.25, 0.3) is 0 Å². The van der Waals surface area contributed by atoms with E-state index in [1.54, 1.807) is 6.07 Å². The number of nitrogens with one attached hydrogen (secondary N) is 1. The molecule has 35 heavy (non-hydrogen) atoms. The molecule has 0 saturated carbocycles. The van der Waals surface area contributed by atoms with E-state index in [0.29, 0.717) is 53.3 Å². The molecule has 3 aromatic carbocycles. The summed E-state index contributed by atoms with van der Waals surface area (Å²) in [7, 11) is 0. The maximum absolute atomic E-state index is 12.5. The predicted molar refractivity (Wildman–Crippen MR) is 141 cm³/mol. The summed E-state index contributed by atoms with van der Waals surface area (Å²) in [5.41, 5.74) is 1.81. The molecule has 4 rings (SSSR count). The maximum atomic E-state index is 12.5. The van der Waals surface area contributed by atoms with Crippen molar-refractivity contribution in [2.45, 2.75) is 36.7 Å². The van der Waals surface area contributed by atoms with Crippen molar-refractivity contribution >= 4 is 46.0 Å². The van der Waals surface area contributed by atoms with Crippen molar-refractivity contribution in [2.24, 2.45) is 0 Å². The van der Waals surface area contributed by atoms with Crippen LogP contribution in [0.3, 0.4) is 0 Å². The lowest BCUT2D eigenvalue weighted by atomic mass is 9.86. The summed E-state index contributed by atoms with van der Waals surface area (Å²) < 4.78 is 23.9. The minimum absolute atomic E-state index is 0.128. The van der Waals surface area contributed by atoms with Crippen LogP contribution < -0.4 is 10.1 Å². The first-order chi connectivity index (χ1) is 16.9. The average Bonchev–Trinajstić information content (AvgIpc) is 2.85. The highest BCUT2D eigenvalue weighted by Gasteiger charge is 2.38. The van der Waals surface area contributed by atoms with Crippen molar-refractivity contribution in [3.05, 3.63) is 87.9 Å². The Hall–Kier alpha value is -2.22. The van der Waals surface area contributed by atoms with E-state index in [0.717, 1.165) is 16.0 Å². The van der Waals surface area contributed by atoms with Crippen molar-refractivity contribution < 1.29 is 18.8 Å². The summed E-state index contributed by atoms with van der Waals surface area (Å²) in [5.74, 6) is 1.12. The number of halogens is 2. The molecule has 0 bridgehead atoms. The Bertz CT molecular complexity index is 1150. The summed E-state index contributed by atoms with van der Waals surface area (Å²) in [6.45, 7) is 3.02. The highest BCUT2D eigenvalue weighted by Crippen LogP contribution is 2.41. The van der Waals surface area contributed by atoms with Gasteiger partial charge in [0.15, 0.2) is 4.90 Å². The van der Waals surface area contributed by atoms with Gasteiger partial charge in [0.05, 0.1) is 19.6 Å². The second-order valence-corrected chi connectivity index (χ2v) is 10.9. The van der Waals surface area contributed by atoms with Gasteiger partial charge >= 0.3 is 0 Å². The first-order valence-corrected chi connectivity index (χ1v) is 13.6. The third-order valence-corrected chi connectivity index (χ3v) is 7.86. The van der Waals surface area contributed by atoms with Gasteiger partial charge in [-0.15, -0.1) is 0 Å². The molecule has 184 valence electrons. The van der Waals surface area contributed by atoms with Crippen LogP contribution in [0, 0.1) is 0 Å². The van der Waals surface area contributed by atoms with Crippen LogP contribution >= 0.6 is 23.2 Å². The van der Waals surface area contributed by atoms with Crippen molar-refractivity contribution in [3.63, 3.8) is 0 Å². The topological polar surface area (TPSA) is 70.6 Å². The highest BCUT2D eigenvalue weighted by atomic mass is 35.5. The van der Waals surface area contributed by atoms with Crippen molar-refractivity contribution in [2.75, 3.05) is 24.3 Å². The number of carbonyl (C=O) groups is 1. The minimum Gasteiger partial charge on any atom is -0.611 e. The van der Waals surface area contributed by atoms with E-state index in [-0.39, 0.29) is 12.3 Å². The minimum atomic E-state index is -0.999. The molecular weight excluding hydrogens is 505 g/mol. The van der Waals surface area contributed by atoms with Gasteiger partial charge < -0.3 is 19.3 Å². The van der Waals surface area contributed by atoms with E-state index >= 15 is 0 Å². The van der Waals surface area contributed by atoms with E-state index in [2.05, 4.69) is 5.32 Å². The number of ether oxygens (including phenoxy) is 2. The fourth-order valence-corrected chi connectivity index (χ4v) is 5.49. The van der Waals surface area contributed by atoms with Crippen LogP contribution in [0.5, 0.6) is 5.75 Å². The molecule has 0 aromatic heterocycles. The molecule has 8 heteroatoms. The van der Waals surface area contributed by atoms with Crippen LogP contribution in [0.15, 0.2) is 71.6 Å². The fraction of sp³-hybridized carbons (Fsp3) is 0.296. The Morgan fingerprint density at radius 2 is 1.74 bits per heavy atom. The molecule has 3 aromatic rings. The normalized spacial score (nSPS) is 15.9. The zero-order valence-corrected chi connectivity index (χ0v) is 21.7. The first kappa shape index (κ1) is 25.9. The first-order valence-electron chi connectivity index (χ1n) is 11.5. The molecule has 0 unspecified atom stereocenters. The summed E-state index contributed by atoms with van der Waals surface area (Å²) in [6.07, 6.45) is 1.56. The van der Waals surface area contributed by atoms with E-state index in [1.165, 1.54) is 0 Å². The Kier molecular flexibility index (Phi) is 8.63. The molecule has 1 atom stereocenters. The SMILES string of the molecule is CC[S@+]([O-])c1ccc(CC(=O)Nc2ccc(OC3(c4ccc(Cl)cc4Cl)CCOCC3)cc2)cc1. The lowest BCUT2D eigenvalue weighted by Gasteiger charge is -2.38. The smallest absolute Gasteiger partial charge is 0.228 e. The zero-order chi connectivity index (χ0) is 24.8. The highest BCUT2D eigenvalue weighted by molar-refractivity contribution is 7.91. The van der Waals surface area contributed by atoms with E-state index in [4.69, 9.17) is 32.7 Å². The van der Waals surface area contributed by atoms with Gasteiger partial charge in [0.1, 0.15) is 17.1 Å². The van der Waals surface area contributed by atoms with Crippen LogP contribution in [0.2, 0.25) is 10.0 Å². The Balaban J connectivity index is 1.41. The largest absolute Gasteiger partial charge is 0.611 e. The molecule has 0 radical (unpaired) electrons. The van der Waals surface area contributed by atoms with Crippen LogP contribution in [-0.2, 0) is 32.7 Å². The van der Waals surface area contributed by atoms with Gasteiger partial charge in [-0.25, -0.2) is 0 Å². The predicted octanol–water partition coefficient (Wildman–Crippen LogP) is 6.39. The molecule has 1 N–H and O–H groups in total. The lowest BCUT2D eigenvalue weighted by molar-refractivity contribution is -0.115. The molecule has 1 heterocycles. The van der Waals surface area contributed by atoms with Crippen LogP contribution in [0.1, 0.15) is 30.9 Å². The summed E-state index contributed by atoms with van der Waals surface area (Å²) in [6, 6.07) is 20.1. The maximum Gasteiger partial charge on any atom is 0.228 e. The molecule has 1 saturated heterocycles. The third kappa shape index (κ3) is 6.51. The van der Waals surface area contributed by atoms with Crippen molar-refractivity contribution in [1.82, 2.24) is 0 Å². The molecule has 0 aliphatic carbocycles. The average molecular weight is 532 g/mol. The van der Waals surface area contributed by atoms with Gasteiger partial charge in [-0.3, -0.25) is 4.79 Å². The number of hydrogen-bond acceptors (Lipinski definition) is 4. The number of anilines is 1. The zero-order valence-electron chi connectivity index (χ0n) is 19.4. The Labute approximate surface area is 218 Å².